The van der Waals surface area contributed by atoms with Crippen LogP contribution in [-0.2, 0) is 17.1 Å². The molecule has 0 spiro atoms. The molecule has 22 heavy (non-hydrogen) atoms. The van der Waals surface area contributed by atoms with Crippen molar-refractivity contribution in [1.82, 2.24) is 9.55 Å². The SMILES string of the molecule is CC(C)(O)c1c(C#N)nc(C(=O)O)n1COCC[Si](C)(C)C. The quantitative estimate of drug-likeness (QED) is 0.586. The summed E-state index contributed by atoms with van der Waals surface area (Å²) < 4.78 is 6.81. The van der Waals surface area contributed by atoms with Crippen LogP contribution in [0.4, 0.5) is 0 Å². The summed E-state index contributed by atoms with van der Waals surface area (Å²) in [4.78, 5) is 15.1. The number of aliphatic hydroxyl groups is 1. The van der Waals surface area contributed by atoms with E-state index < -0.39 is 19.6 Å². The first-order chi connectivity index (χ1) is 9.97. The zero-order valence-corrected chi connectivity index (χ0v) is 14.7. The number of ether oxygens (including phenoxy) is 1. The standard InChI is InChI=1S/C14H23N3O4Si/c1-14(2,20)11-10(8-15)16-12(13(18)19)17(11)9-21-6-7-22(3,4)5/h20H,6-7,9H2,1-5H3,(H,18,19). The summed E-state index contributed by atoms with van der Waals surface area (Å²) in [5.41, 5.74) is -1.34. The molecule has 0 aliphatic rings. The maximum Gasteiger partial charge on any atom is 0.372 e. The van der Waals surface area contributed by atoms with Crippen molar-refractivity contribution < 1.29 is 19.7 Å². The van der Waals surface area contributed by atoms with Crippen LogP contribution in [0.5, 0.6) is 0 Å². The van der Waals surface area contributed by atoms with E-state index >= 15 is 0 Å². The number of carboxylic acids is 1. The smallest absolute Gasteiger partial charge is 0.372 e. The maximum atomic E-state index is 11.3. The Balaban J connectivity index is 3.08. The predicted molar refractivity (Wildman–Crippen MR) is 83.3 cm³/mol. The normalized spacial score (nSPS) is 12.2. The van der Waals surface area contributed by atoms with Crippen molar-refractivity contribution in [2.24, 2.45) is 0 Å². The topological polar surface area (TPSA) is 108 Å². The minimum Gasteiger partial charge on any atom is -0.475 e. The van der Waals surface area contributed by atoms with Gasteiger partial charge in [-0.2, -0.15) is 5.26 Å². The Morgan fingerprint density at radius 1 is 1.45 bits per heavy atom. The molecule has 0 atom stereocenters. The summed E-state index contributed by atoms with van der Waals surface area (Å²) in [6.07, 6.45) is 0. The summed E-state index contributed by atoms with van der Waals surface area (Å²) >= 11 is 0. The molecule has 0 bridgehead atoms. The third-order valence-corrected chi connectivity index (χ3v) is 4.77. The summed E-state index contributed by atoms with van der Waals surface area (Å²) in [6, 6.07) is 2.77. The summed E-state index contributed by atoms with van der Waals surface area (Å²) in [7, 11) is -1.25. The summed E-state index contributed by atoms with van der Waals surface area (Å²) in [6.45, 7) is 10.1. The molecule has 7 nitrogen and oxygen atoms in total. The van der Waals surface area contributed by atoms with Gasteiger partial charge in [0.2, 0.25) is 5.82 Å². The molecule has 0 aliphatic carbocycles. The average Bonchev–Trinajstić information content (AvgIpc) is 2.72. The van der Waals surface area contributed by atoms with Crippen molar-refractivity contribution in [3.05, 3.63) is 17.2 Å². The monoisotopic (exact) mass is 325 g/mol. The molecule has 0 amide bonds. The van der Waals surface area contributed by atoms with E-state index in [2.05, 4.69) is 24.6 Å². The Labute approximate surface area is 131 Å². The highest BCUT2D eigenvalue weighted by Gasteiger charge is 2.31. The molecule has 0 saturated heterocycles. The van der Waals surface area contributed by atoms with Crippen LogP contribution in [0, 0.1) is 11.3 Å². The number of rotatable bonds is 7. The lowest BCUT2D eigenvalue weighted by Gasteiger charge is -2.21. The van der Waals surface area contributed by atoms with Gasteiger partial charge in [-0.15, -0.1) is 0 Å². The van der Waals surface area contributed by atoms with Crippen LogP contribution < -0.4 is 0 Å². The summed E-state index contributed by atoms with van der Waals surface area (Å²) in [5, 5.41) is 28.6. The maximum absolute atomic E-state index is 11.3. The van der Waals surface area contributed by atoms with Crippen LogP contribution in [0.1, 0.15) is 35.9 Å². The van der Waals surface area contributed by atoms with Gasteiger partial charge in [-0.05, 0) is 19.9 Å². The van der Waals surface area contributed by atoms with Gasteiger partial charge in [-0.3, -0.25) is 4.57 Å². The molecule has 0 aliphatic heterocycles. The zero-order chi connectivity index (χ0) is 17.1. The van der Waals surface area contributed by atoms with Gasteiger partial charge in [-0.25, -0.2) is 9.78 Å². The lowest BCUT2D eigenvalue weighted by atomic mass is 10.0. The molecule has 1 aromatic rings. The van der Waals surface area contributed by atoms with Gasteiger partial charge < -0.3 is 14.9 Å². The first kappa shape index (κ1) is 18.4. The minimum absolute atomic E-state index is 0.0554. The van der Waals surface area contributed by atoms with Crippen molar-refractivity contribution >= 4 is 14.0 Å². The molecule has 0 unspecified atom stereocenters. The van der Waals surface area contributed by atoms with E-state index in [0.29, 0.717) is 6.61 Å². The second-order valence-corrected chi connectivity index (χ2v) is 12.5. The molecular weight excluding hydrogens is 302 g/mol. The number of imidazole rings is 1. The fraction of sp³-hybridized carbons (Fsp3) is 0.643. The first-order valence-electron chi connectivity index (χ1n) is 7.02. The Kier molecular flexibility index (Phi) is 5.51. The fourth-order valence-corrected chi connectivity index (χ4v) is 2.73. The van der Waals surface area contributed by atoms with Crippen LogP contribution in [0.25, 0.3) is 0 Å². The number of carboxylic acid groups (broad SMARTS) is 1. The highest BCUT2D eigenvalue weighted by Crippen LogP contribution is 2.25. The number of carbonyl (C=O) groups is 1. The lowest BCUT2D eigenvalue weighted by molar-refractivity contribution is 0.0408. The van der Waals surface area contributed by atoms with Gasteiger partial charge in [-0.1, -0.05) is 19.6 Å². The largest absolute Gasteiger partial charge is 0.475 e. The molecule has 1 aromatic heterocycles. The summed E-state index contributed by atoms with van der Waals surface area (Å²) in [5.74, 6) is -1.57. The van der Waals surface area contributed by atoms with E-state index in [-0.39, 0.29) is 23.9 Å². The van der Waals surface area contributed by atoms with Gasteiger partial charge >= 0.3 is 5.97 Å². The molecule has 2 N–H and O–H groups in total. The van der Waals surface area contributed by atoms with Gasteiger partial charge in [0.05, 0.1) is 5.69 Å². The lowest BCUT2D eigenvalue weighted by Crippen LogP contribution is -2.26. The van der Waals surface area contributed by atoms with Crippen molar-refractivity contribution in [2.75, 3.05) is 6.61 Å². The van der Waals surface area contributed by atoms with Crippen LogP contribution in [-0.4, -0.2) is 40.4 Å². The Hall–Kier alpha value is -1.69. The number of hydrogen-bond acceptors (Lipinski definition) is 5. The van der Waals surface area contributed by atoms with Gasteiger partial charge in [0, 0.05) is 14.7 Å². The van der Waals surface area contributed by atoms with Gasteiger partial charge in [0.25, 0.3) is 0 Å². The minimum atomic E-state index is -1.39. The number of nitriles is 1. The van der Waals surface area contributed by atoms with Crippen LogP contribution in [0.15, 0.2) is 0 Å². The van der Waals surface area contributed by atoms with Crippen LogP contribution >= 0.6 is 0 Å². The molecule has 0 radical (unpaired) electrons. The van der Waals surface area contributed by atoms with Crippen molar-refractivity contribution in [2.45, 2.75) is 51.9 Å². The van der Waals surface area contributed by atoms with Crippen LogP contribution in [0.3, 0.4) is 0 Å². The third kappa shape index (κ3) is 4.66. The van der Waals surface area contributed by atoms with E-state index in [9.17, 15) is 15.0 Å². The number of aromatic carboxylic acids is 1. The molecular formula is C14H23N3O4Si. The fourth-order valence-electron chi connectivity index (χ4n) is 1.97. The Bertz CT molecular complexity index is 591. The number of nitrogens with zero attached hydrogens (tertiary/aromatic N) is 3. The molecule has 122 valence electrons. The predicted octanol–water partition coefficient (Wildman–Crippen LogP) is 1.99. The van der Waals surface area contributed by atoms with E-state index in [1.807, 2.05) is 6.07 Å². The number of hydrogen-bond donors (Lipinski definition) is 2. The Morgan fingerprint density at radius 3 is 2.45 bits per heavy atom. The molecule has 1 heterocycles. The highest BCUT2D eigenvalue weighted by atomic mass is 28.3. The first-order valence-corrected chi connectivity index (χ1v) is 10.7. The average molecular weight is 325 g/mol. The second-order valence-electron chi connectivity index (χ2n) is 6.88. The molecule has 1 rings (SSSR count). The van der Waals surface area contributed by atoms with Crippen molar-refractivity contribution in [3.63, 3.8) is 0 Å². The third-order valence-electron chi connectivity index (χ3n) is 3.06. The van der Waals surface area contributed by atoms with E-state index in [1.165, 1.54) is 18.4 Å². The van der Waals surface area contributed by atoms with Crippen molar-refractivity contribution in [3.8, 4) is 6.07 Å². The van der Waals surface area contributed by atoms with E-state index in [1.54, 1.807) is 0 Å². The molecule has 0 aromatic carbocycles. The molecule has 0 fully saturated rings. The Morgan fingerprint density at radius 2 is 2.05 bits per heavy atom. The number of aromatic nitrogens is 2. The highest BCUT2D eigenvalue weighted by molar-refractivity contribution is 6.76. The molecule has 8 heteroatoms. The molecule has 0 saturated carbocycles. The zero-order valence-electron chi connectivity index (χ0n) is 13.7. The van der Waals surface area contributed by atoms with Crippen LogP contribution in [0.2, 0.25) is 25.7 Å². The van der Waals surface area contributed by atoms with Gasteiger partial charge in [0.1, 0.15) is 18.4 Å². The second kappa shape index (κ2) is 6.60. The van der Waals surface area contributed by atoms with Crippen molar-refractivity contribution in [1.29, 1.82) is 5.26 Å². The van der Waals surface area contributed by atoms with E-state index in [4.69, 9.17) is 10.00 Å². The van der Waals surface area contributed by atoms with E-state index in [0.717, 1.165) is 6.04 Å². The van der Waals surface area contributed by atoms with Gasteiger partial charge in [0.15, 0.2) is 5.69 Å².